The third kappa shape index (κ3) is 1.78. The molecule has 0 bridgehead atoms. The Morgan fingerprint density at radius 2 is 2.25 bits per heavy atom. The Balaban J connectivity index is 1.83. The highest BCUT2D eigenvalue weighted by Gasteiger charge is 2.43. The molecule has 0 aromatic carbocycles. The van der Waals surface area contributed by atoms with Gasteiger partial charge in [0, 0.05) is 11.3 Å². The van der Waals surface area contributed by atoms with Crippen LogP contribution in [-0.4, -0.2) is 24.9 Å². The molecule has 2 N–H and O–H groups in total. The molecule has 16 heavy (non-hydrogen) atoms. The second-order valence-corrected chi connectivity index (χ2v) is 7.92. The van der Waals surface area contributed by atoms with Crippen LogP contribution in [-0.2, 0) is 15.4 Å². The summed E-state index contributed by atoms with van der Waals surface area (Å²) in [5.74, 6) is 0.656. The van der Waals surface area contributed by atoms with E-state index < -0.39 is 9.84 Å². The fraction of sp³-hybridized carbons (Fsp3) is 0.700. The molecule has 0 amide bonds. The van der Waals surface area contributed by atoms with Crippen LogP contribution < -0.4 is 5.73 Å². The summed E-state index contributed by atoms with van der Waals surface area (Å²) in [5, 5.41) is 2.96. The van der Waals surface area contributed by atoms with E-state index in [9.17, 15) is 8.42 Å². The molecule has 1 saturated carbocycles. The summed E-state index contributed by atoms with van der Waals surface area (Å²) in [6, 6.07) is 0. The fourth-order valence-electron chi connectivity index (χ4n) is 2.08. The highest BCUT2D eigenvalue weighted by Crippen LogP contribution is 2.44. The SMILES string of the molecule is NC1(c2nc(C3CCS(=O)(=O)C3)cs2)CC1. The Morgan fingerprint density at radius 1 is 1.50 bits per heavy atom. The van der Waals surface area contributed by atoms with Gasteiger partial charge in [0.1, 0.15) is 5.01 Å². The maximum atomic E-state index is 11.4. The molecule has 1 aliphatic heterocycles. The van der Waals surface area contributed by atoms with Crippen LogP contribution in [0.5, 0.6) is 0 Å². The molecule has 2 fully saturated rings. The number of hydrogen-bond donors (Lipinski definition) is 1. The van der Waals surface area contributed by atoms with Crippen LogP contribution >= 0.6 is 11.3 Å². The molecule has 1 aliphatic carbocycles. The lowest BCUT2D eigenvalue weighted by Crippen LogP contribution is -2.18. The summed E-state index contributed by atoms with van der Waals surface area (Å²) in [6.45, 7) is 0. The third-order valence-corrected chi connectivity index (χ3v) is 6.24. The first-order chi connectivity index (χ1) is 7.49. The van der Waals surface area contributed by atoms with Crippen molar-refractivity contribution in [3.63, 3.8) is 0 Å². The van der Waals surface area contributed by atoms with Gasteiger partial charge in [-0.1, -0.05) is 0 Å². The van der Waals surface area contributed by atoms with Crippen molar-refractivity contribution in [3.05, 3.63) is 16.1 Å². The van der Waals surface area contributed by atoms with Crippen molar-refractivity contribution in [2.24, 2.45) is 5.73 Å². The van der Waals surface area contributed by atoms with Crippen LogP contribution in [0.15, 0.2) is 5.38 Å². The Bertz CT molecular complexity index is 517. The second kappa shape index (κ2) is 3.27. The average molecular weight is 258 g/mol. The summed E-state index contributed by atoms with van der Waals surface area (Å²) < 4.78 is 22.8. The molecule has 1 atom stereocenters. The molecule has 88 valence electrons. The zero-order valence-corrected chi connectivity index (χ0v) is 10.5. The van der Waals surface area contributed by atoms with Crippen molar-refractivity contribution >= 4 is 21.2 Å². The summed E-state index contributed by atoms with van der Waals surface area (Å²) in [7, 11) is -2.82. The van der Waals surface area contributed by atoms with Crippen molar-refractivity contribution < 1.29 is 8.42 Å². The van der Waals surface area contributed by atoms with Crippen LogP contribution in [0.3, 0.4) is 0 Å². The van der Waals surface area contributed by atoms with Crippen LogP contribution in [0.25, 0.3) is 0 Å². The van der Waals surface area contributed by atoms with Gasteiger partial charge in [0.2, 0.25) is 0 Å². The minimum absolute atomic E-state index is 0.0948. The summed E-state index contributed by atoms with van der Waals surface area (Å²) in [4.78, 5) is 4.52. The second-order valence-electron chi connectivity index (χ2n) is 4.83. The first kappa shape index (κ1) is 10.7. The number of hydrogen-bond acceptors (Lipinski definition) is 5. The van der Waals surface area contributed by atoms with Gasteiger partial charge < -0.3 is 5.73 Å². The first-order valence-corrected chi connectivity index (χ1v) is 8.14. The van der Waals surface area contributed by atoms with Gasteiger partial charge in [-0.2, -0.15) is 0 Å². The molecule has 1 unspecified atom stereocenters. The standard InChI is InChI=1S/C10H14N2O2S2/c11-10(2-3-10)9-12-8(5-15-9)7-1-4-16(13,14)6-7/h5,7H,1-4,6,11H2. The molecule has 4 nitrogen and oxygen atoms in total. The van der Waals surface area contributed by atoms with E-state index >= 15 is 0 Å². The molecule has 1 saturated heterocycles. The van der Waals surface area contributed by atoms with Crippen molar-refractivity contribution in [2.45, 2.75) is 30.7 Å². The van der Waals surface area contributed by atoms with Crippen LogP contribution in [0.2, 0.25) is 0 Å². The Hall–Kier alpha value is -0.460. The molecule has 0 radical (unpaired) electrons. The van der Waals surface area contributed by atoms with E-state index in [1.165, 1.54) is 0 Å². The van der Waals surface area contributed by atoms with Gasteiger partial charge in [0.15, 0.2) is 9.84 Å². The molecular formula is C10H14N2O2S2. The van der Waals surface area contributed by atoms with Crippen molar-refractivity contribution in [1.29, 1.82) is 0 Å². The largest absolute Gasteiger partial charge is 0.319 e. The van der Waals surface area contributed by atoms with E-state index in [0.29, 0.717) is 12.2 Å². The van der Waals surface area contributed by atoms with Gasteiger partial charge in [-0.05, 0) is 19.3 Å². The predicted molar refractivity (Wildman–Crippen MR) is 63.2 cm³/mol. The lowest BCUT2D eigenvalue weighted by Gasteiger charge is -2.04. The van der Waals surface area contributed by atoms with Gasteiger partial charge in [0.05, 0.1) is 22.7 Å². The molecular weight excluding hydrogens is 244 g/mol. The summed E-state index contributed by atoms with van der Waals surface area (Å²) in [5.41, 5.74) is 6.80. The van der Waals surface area contributed by atoms with E-state index in [1.54, 1.807) is 11.3 Å². The normalized spacial score (nSPS) is 30.4. The topological polar surface area (TPSA) is 73.0 Å². The van der Waals surface area contributed by atoms with Gasteiger partial charge in [-0.3, -0.25) is 0 Å². The number of sulfone groups is 1. The number of nitrogens with two attached hydrogens (primary N) is 1. The van der Waals surface area contributed by atoms with Gasteiger partial charge >= 0.3 is 0 Å². The smallest absolute Gasteiger partial charge is 0.151 e. The van der Waals surface area contributed by atoms with Crippen LogP contribution in [0.1, 0.15) is 35.9 Å². The van der Waals surface area contributed by atoms with E-state index in [-0.39, 0.29) is 17.2 Å². The number of aromatic nitrogens is 1. The maximum Gasteiger partial charge on any atom is 0.151 e. The molecule has 6 heteroatoms. The van der Waals surface area contributed by atoms with E-state index in [2.05, 4.69) is 4.98 Å². The fourth-order valence-corrected chi connectivity index (χ4v) is 4.91. The quantitative estimate of drug-likeness (QED) is 0.858. The lowest BCUT2D eigenvalue weighted by molar-refractivity contribution is 0.601. The average Bonchev–Trinajstić information content (AvgIpc) is 2.68. The number of rotatable bonds is 2. The van der Waals surface area contributed by atoms with E-state index in [0.717, 1.165) is 23.5 Å². The van der Waals surface area contributed by atoms with Crippen molar-refractivity contribution in [3.8, 4) is 0 Å². The maximum absolute atomic E-state index is 11.4. The summed E-state index contributed by atoms with van der Waals surface area (Å²) in [6.07, 6.45) is 2.72. The molecule has 2 heterocycles. The summed E-state index contributed by atoms with van der Waals surface area (Å²) >= 11 is 1.58. The third-order valence-electron chi connectivity index (χ3n) is 3.39. The predicted octanol–water partition coefficient (Wildman–Crippen LogP) is 0.993. The number of thiazole rings is 1. The van der Waals surface area contributed by atoms with Gasteiger partial charge in [0.25, 0.3) is 0 Å². The van der Waals surface area contributed by atoms with Gasteiger partial charge in [-0.15, -0.1) is 11.3 Å². The zero-order chi connectivity index (χ0) is 11.4. The number of nitrogens with zero attached hydrogens (tertiary/aromatic N) is 1. The molecule has 1 aromatic heterocycles. The monoisotopic (exact) mass is 258 g/mol. The first-order valence-electron chi connectivity index (χ1n) is 5.44. The van der Waals surface area contributed by atoms with E-state index in [4.69, 9.17) is 5.73 Å². The van der Waals surface area contributed by atoms with Crippen LogP contribution in [0, 0.1) is 0 Å². The van der Waals surface area contributed by atoms with Crippen molar-refractivity contribution in [2.75, 3.05) is 11.5 Å². The van der Waals surface area contributed by atoms with Crippen molar-refractivity contribution in [1.82, 2.24) is 4.98 Å². The lowest BCUT2D eigenvalue weighted by atomic mass is 10.1. The molecule has 0 spiro atoms. The Morgan fingerprint density at radius 3 is 2.81 bits per heavy atom. The van der Waals surface area contributed by atoms with Gasteiger partial charge in [-0.25, -0.2) is 13.4 Å². The van der Waals surface area contributed by atoms with Crippen LogP contribution in [0.4, 0.5) is 0 Å². The highest BCUT2D eigenvalue weighted by atomic mass is 32.2. The zero-order valence-electron chi connectivity index (χ0n) is 8.85. The molecule has 2 aliphatic rings. The highest BCUT2D eigenvalue weighted by molar-refractivity contribution is 7.91. The molecule has 1 aromatic rings. The minimum Gasteiger partial charge on any atom is -0.319 e. The Labute approximate surface area is 98.8 Å². The van der Waals surface area contributed by atoms with E-state index in [1.807, 2.05) is 5.38 Å². The Kier molecular flexibility index (Phi) is 2.18. The molecule has 3 rings (SSSR count). The minimum atomic E-state index is -2.82.